The molecule has 0 bridgehead atoms. The molecule has 0 radical (unpaired) electrons. The molecule has 10 heteroatoms. The predicted molar refractivity (Wildman–Crippen MR) is 170 cm³/mol. The summed E-state index contributed by atoms with van der Waals surface area (Å²) in [4.78, 5) is 19.2. The third kappa shape index (κ3) is 5.52. The van der Waals surface area contributed by atoms with Crippen molar-refractivity contribution in [3.8, 4) is 0 Å². The van der Waals surface area contributed by atoms with Crippen LogP contribution in [0.25, 0.3) is 0 Å². The first-order valence-electron chi connectivity index (χ1n) is 14.7. The van der Waals surface area contributed by atoms with Gasteiger partial charge in [-0.1, -0.05) is 19.1 Å². The van der Waals surface area contributed by atoms with E-state index >= 15 is 0 Å². The molecule has 1 aliphatic carbocycles. The molecule has 0 saturated heterocycles. The van der Waals surface area contributed by atoms with Crippen LogP contribution in [0.3, 0.4) is 0 Å². The summed E-state index contributed by atoms with van der Waals surface area (Å²) in [5, 5.41) is 3.48. The molecule has 0 unspecified atom stereocenters. The Hall–Kier alpha value is -3.08. The molecule has 4 heterocycles. The lowest BCUT2D eigenvalue weighted by Gasteiger charge is -2.35. The van der Waals surface area contributed by atoms with Gasteiger partial charge in [-0.25, -0.2) is 14.2 Å². The highest BCUT2D eigenvalue weighted by Crippen LogP contribution is 2.52. The molecule has 1 spiro atoms. The third-order valence-corrected chi connectivity index (χ3v) is 9.43. The van der Waals surface area contributed by atoms with Crippen LogP contribution in [-0.4, -0.2) is 68.4 Å². The van der Waals surface area contributed by atoms with Crippen molar-refractivity contribution >= 4 is 38.8 Å². The molecular formula is C32H43N7O2S. The molecule has 0 amide bonds. The lowest BCUT2D eigenvalue weighted by atomic mass is 9.81. The monoisotopic (exact) mass is 589 g/mol. The van der Waals surface area contributed by atoms with Crippen molar-refractivity contribution in [1.82, 2.24) is 19.9 Å². The van der Waals surface area contributed by atoms with Crippen LogP contribution in [0.4, 0.5) is 29.1 Å². The minimum atomic E-state index is -2.36. The van der Waals surface area contributed by atoms with Crippen molar-refractivity contribution in [3.05, 3.63) is 59.3 Å². The molecule has 2 aliphatic heterocycles. The summed E-state index contributed by atoms with van der Waals surface area (Å²) >= 11 is 0. The van der Waals surface area contributed by atoms with E-state index in [1.165, 1.54) is 24.0 Å². The number of hydrogen-bond acceptors (Lipinski definition) is 9. The van der Waals surface area contributed by atoms with Crippen molar-refractivity contribution in [2.75, 3.05) is 42.9 Å². The fourth-order valence-electron chi connectivity index (χ4n) is 6.38. The van der Waals surface area contributed by atoms with E-state index in [0.717, 1.165) is 30.2 Å². The number of nitrogens with zero attached hydrogens (tertiary/aromatic N) is 6. The summed E-state index contributed by atoms with van der Waals surface area (Å²) < 4.78 is 23.1. The number of nitrogens with one attached hydrogen (secondary N) is 1. The number of aromatic nitrogens is 3. The van der Waals surface area contributed by atoms with Crippen molar-refractivity contribution < 1.29 is 8.95 Å². The first-order valence-corrected chi connectivity index (χ1v) is 17.0. The zero-order chi connectivity index (χ0) is 30.1. The first kappa shape index (κ1) is 29.0. The molecule has 42 heavy (non-hydrogen) atoms. The average Bonchev–Trinajstić information content (AvgIpc) is 3.61. The number of benzene rings is 1. The smallest absolute Gasteiger partial charge is 0.229 e. The Kier molecular flexibility index (Phi) is 6.90. The van der Waals surface area contributed by atoms with Gasteiger partial charge in [0.25, 0.3) is 0 Å². The van der Waals surface area contributed by atoms with Gasteiger partial charge in [0.05, 0.1) is 12.2 Å². The van der Waals surface area contributed by atoms with Gasteiger partial charge in [0.2, 0.25) is 5.95 Å². The fourth-order valence-corrected chi connectivity index (χ4v) is 6.93. The Balaban J connectivity index is 1.38. The number of rotatable bonds is 6. The zero-order valence-electron chi connectivity index (χ0n) is 26.1. The van der Waals surface area contributed by atoms with Crippen molar-refractivity contribution in [1.29, 1.82) is 0 Å². The summed E-state index contributed by atoms with van der Waals surface area (Å²) in [5.41, 5.74) is 4.52. The van der Waals surface area contributed by atoms with E-state index in [9.17, 15) is 4.21 Å². The molecule has 2 aromatic heterocycles. The summed E-state index contributed by atoms with van der Waals surface area (Å²) in [5.74, 6) is 2.45. The van der Waals surface area contributed by atoms with Gasteiger partial charge in [-0.15, -0.1) is 0 Å². The molecule has 1 saturated carbocycles. The number of fused-ring (bicyclic) bond motifs is 3. The van der Waals surface area contributed by atoms with E-state index in [4.69, 9.17) is 19.7 Å². The van der Waals surface area contributed by atoms with Crippen molar-refractivity contribution in [3.63, 3.8) is 0 Å². The lowest BCUT2D eigenvalue weighted by molar-refractivity contribution is -0.0300. The fraction of sp³-hybridized carbons (Fsp3) is 0.531. The number of anilines is 4. The number of ether oxygens (including phenoxy) is 1. The maximum atomic E-state index is 12.4. The summed E-state index contributed by atoms with van der Waals surface area (Å²) in [6.45, 7) is 13.2. The molecule has 3 aliphatic rings. The topological polar surface area (TPSA) is 95.8 Å². The van der Waals surface area contributed by atoms with Gasteiger partial charge in [0.1, 0.15) is 11.6 Å². The minimum Gasteiger partial charge on any atom is -0.375 e. The quantitative estimate of drug-likeness (QED) is 0.371. The van der Waals surface area contributed by atoms with Crippen LogP contribution in [-0.2, 0) is 31.8 Å². The van der Waals surface area contributed by atoms with E-state index in [0.29, 0.717) is 29.6 Å². The molecule has 2 atom stereocenters. The highest BCUT2D eigenvalue weighted by atomic mass is 32.2. The standard InChI is InChI=1S/C32H43N7O2S/c1-21-31(5,20-41-30(2,3)4)25-17-33-29(34-23-12-13-24-22(16-23)18-38(6)19-32(24)14-15-32)36-28(25)39(21)27-11-9-10-26(35-27)37-42(7,8)40/h9-13,16-17,21H,14-15,18-20H2,1-8H3,(H,33,34,36)/t21-,31+/m0/s1. The normalized spacial score (nSPS) is 23.0. The van der Waals surface area contributed by atoms with Crippen LogP contribution < -0.4 is 10.2 Å². The van der Waals surface area contributed by atoms with Crippen molar-refractivity contribution in [2.45, 2.75) is 76.5 Å². The molecule has 224 valence electrons. The maximum absolute atomic E-state index is 12.4. The molecule has 9 nitrogen and oxygen atoms in total. The Morgan fingerprint density at radius 2 is 1.90 bits per heavy atom. The van der Waals surface area contributed by atoms with Gasteiger partial charge in [-0.05, 0) is 83.0 Å². The Morgan fingerprint density at radius 1 is 1.14 bits per heavy atom. The van der Waals surface area contributed by atoms with Crippen molar-refractivity contribution in [2.24, 2.45) is 4.36 Å². The van der Waals surface area contributed by atoms with E-state index in [-0.39, 0.29) is 11.6 Å². The Bertz CT molecular complexity index is 1650. The van der Waals surface area contributed by atoms with Gasteiger partial charge in [0.15, 0.2) is 5.82 Å². The largest absolute Gasteiger partial charge is 0.375 e. The molecule has 3 aromatic rings. The van der Waals surface area contributed by atoms with Crippen LogP contribution in [0, 0.1) is 0 Å². The summed E-state index contributed by atoms with van der Waals surface area (Å²) in [7, 11) is -0.152. The molecule has 6 rings (SSSR count). The van der Waals surface area contributed by atoms with E-state index in [1.54, 1.807) is 18.6 Å². The molecule has 1 N–H and O–H groups in total. The predicted octanol–water partition coefficient (Wildman–Crippen LogP) is 6.06. The van der Waals surface area contributed by atoms with Crippen LogP contribution in [0.15, 0.2) is 47.0 Å². The highest BCUT2D eigenvalue weighted by molar-refractivity contribution is 7.92. The van der Waals surface area contributed by atoms with Gasteiger partial charge >= 0.3 is 0 Å². The summed E-state index contributed by atoms with van der Waals surface area (Å²) in [6.07, 6.45) is 7.70. The van der Waals surface area contributed by atoms with E-state index < -0.39 is 15.1 Å². The van der Waals surface area contributed by atoms with Crippen LogP contribution in [0.5, 0.6) is 0 Å². The lowest BCUT2D eigenvalue weighted by Crippen LogP contribution is -2.44. The number of hydrogen-bond donors (Lipinski definition) is 1. The Labute approximate surface area is 250 Å². The second-order valence-corrected chi connectivity index (χ2v) is 16.4. The second-order valence-electron chi connectivity index (χ2n) is 13.9. The SMILES string of the molecule is C[C@@H]1N(c2cccc(N=S(C)(C)=O)n2)c2nc(Nc3ccc4c(c3)CN(C)CC43CC3)ncc2[C@]1(C)COC(C)(C)C. The minimum absolute atomic E-state index is 0.0382. The second kappa shape index (κ2) is 9.99. The van der Waals surface area contributed by atoms with Crippen LogP contribution in [0.1, 0.15) is 64.2 Å². The Morgan fingerprint density at radius 3 is 2.60 bits per heavy atom. The molecule has 1 fully saturated rings. The van der Waals surface area contributed by atoms with Gasteiger partial charge in [-0.3, -0.25) is 0 Å². The average molecular weight is 590 g/mol. The van der Waals surface area contributed by atoms with E-state index in [1.807, 2.05) is 18.3 Å². The van der Waals surface area contributed by atoms with Gasteiger partial charge in [-0.2, -0.15) is 9.35 Å². The molecular weight excluding hydrogens is 546 g/mol. The van der Waals surface area contributed by atoms with Crippen LogP contribution >= 0.6 is 0 Å². The zero-order valence-corrected chi connectivity index (χ0v) is 26.9. The number of likely N-dealkylation sites (N-methyl/N-ethyl adjacent to an activating group) is 1. The van der Waals surface area contributed by atoms with Gasteiger partial charge in [0, 0.05) is 69.6 Å². The van der Waals surface area contributed by atoms with Gasteiger partial charge < -0.3 is 19.9 Å². The maximum Gasteiger partial charge on any atom is 0.229 e. The third-order valence-electron chi connectivity index (χ3n) is 8.81. The molecule has 1 aromatic carbocycles. The van der Waals surface area contributed by atoms with Crippen LogP contribution in [0.2, 0.25) is 0 Å². The van der Waals surface area contributed by atoms with E-state index in [2.05, 4.69) is 79.3 Å². The highest BCUT2D eigenvalue weighted by Gasteiger charge is 2.49. The number of pyridine rings is 1. The first-order chi connectivity index (χ1) is 19.7. The summed E-state index contributed by atoms with van der Waals surface area (Å²) in [6, 6.07) is 12.3.